The first-order valence-corrected chi connectivity index (χ1v) is 10.9. The summed E-state index contributed by atoms with van der Waals surface area (Å²) in [6, 6.07) is 6.71. The van der Waals surface area contributed by atoms with Crippen molar-refractivity contribution >= 4 is 16.7 Å². The highest BCUT2D eigenvalue weighted by atomic mass is 19.3. The molecule has 1 N–H and O–H groups in total. The van der Waals surface area contributed by atoms with Gasteiger partial charge in [0.25, 0.3) is 11.5 Å². The Morgan fingerprint density at radius 1 is 1.19 bits per heavy atom. The lowest BCUT2D eigenvalue weighted by Gasteiger charge is -2.62. The van der Waals surface area contributed by atoms with Crippen molar-refractivity contribution in [1.82, 2.24) is 14.5 Å². The molecule has 0 saturated heterocycles. The number of benzene rings is 1. The number of aryl methyl sites for hydroxylation is 2. The lowest BCUT2D eigenvalue weighted by Crippen LogP contribution is -2.61. The number of pyridine rings is 1. The number of fused-ring (bicyclic) bond motifs is 2. The van der Waals surface area contributed by atoms with E-state index in [0.717, 1.165) is 41.7 Å². The Bertz CT molecular complexity index is 1280. The maximum atomic E-state index is 14.2. The fraction of sp³-hybridized carbons (Fsp3) is 0.458. The van der Waals surface area contributed by atoms with Crippen molar-refractivity contribution in [2.45, 2.75) is 63.5 Å². The fourth-order valence-corrected chi connectivity index (χ4v) is 5.56. The van der Waals surface area contributed by atoms with E-state index in [0.29, 0.717) is 23.6 Å². The lowest BCUT2D eigenvalue weighted by molar-refractivity contribution is -0.0911. The molecule has 0 amide bonds. The van der Waals surface area contributed by atoms with E-state index in [1.165, 1.54) is 0 Å². The first kappa shape index (κ1) is 18.9. The predicted molar refractivity (Wildman–Crippen MR) is 115 cm³/mol. The molecule has 0 spiro atoms. The monoisotopic (exact) mass is 422 g/mol. The molecule has 7 heteroatoms. The van der Waals surface area contributed by atoms with Gasteiger partial charge in [-0.25, -0.2) is 18.7 Å². The molecule has 3 fully saturated rings. The minimum atomic E-state index is -2.76. The van der Waals surface area contributed by atoms with Crippen LogP contribution in [0.2, 0.25) is 0 Å². The third-order valence-corrected chi connectivity index (χ3v) is 7.45. The first-order valence-electron chi connectivity index (χ1n) is 10.9. The van der Waals surface area contributed by atoms with Crippen molar-refractivity contribution < 1.29 is 8.78 Å². The van der Waals surface area contributed by atoms with E-state index < -0.39 is 5.92 Å². The van der Waals surface area contributed by atoms with Crippen LogP contribution in [0, 0.1) is 12.8 Å². The number of hydrogen-bond donors (Lipinski definition) is 1. The van der Waals surface area contributed by atoms with Gasteiger partial charge in [-0.3, -0.25) is 4.79 Å². The molecule has 7 rings (SSSR count). The molecule has 2 heterocycles. The number of aromatic nitrogens is 3. The van der Waals surface area contributed by atoms with Gasteiger partial charge in [0.1, 0.15) is 11.6 Å². The maximum absolute atomic E-state index is 14.2. The Kier molecular flexibility index (Phi) is 3.73. The van der Waals surface area contributed by atoms with Crippen LogP contribution in [0.25, 0.3) is 10.9 Å². The highest BCUT2D eigenvalue weighted by molar-refractivity contribution is 5.88. The number of rotatable bonds is 4. The lowest BCUT2D eigenvalue weighted by atomic mass is 9.49. The van der Waals surface area contributed by atoms with E-state index in [9.17, 15) is 13.6 Å². The van der Waals surface area contributed by atoms with Gasteiger partial charge in [-0.1, -0.05) is 12.1 Å². The van der Waals surface area contributed by atoms with Crippen LogP contribution < -0.4 is 10.9 Å². The number of alkyl halides is 2. The summed E-state index contributed by atoms with van der Waals surface area (Å²) in [5.41, 5.74) is 2.21. The van der Waals surface area contributed by atoms with Crippen LogP contribution in [0.4, 0.5) is 14.6 Å². The molecule has 3 aromatic rings. The molecule has 4 aliphatic carbocycles. The summed E-state index contributed by atoms with van der Waals surface area (Å²) in [5.74, 6) is -0.817. The molecule has 31 heavy (non-hydrogen) atoms. The van der Waals surface area contributed by atoms with E-state index in [2.05, 4.69) is 15.3 Å². The van der Waals surface area contributed by atoms with Crippen molar-refractivity contribution in [3.8, 4) is 0 Å². The van der Waals surface area contributed by atoms with Crippen molar-refractivity contribution in [2.75, 3.05) is 5.32 Å². The van der Waals surface area contributed by atoms with E-state index in [1.807, 2.05) is 29.8 Å². The molecule has 0 unspecified atom stereocenters. The Labute approximate surface area is 178 Å². The minimum Gasteiger partial charge on any atom is -0.363 e. The van der Waals surface area contributed by atoms with E-state index in [-0.39, 0.29) is 29.1 Å². The minimum absolute atomic E-state index is 0.0244. The SMILES string of the molecule is Cc1nc(N[C@H](C)c2ccc3c(c2)C(F)(F)CC3)c2cn(C34CC(C3)C4)c(=O)cc2n1. The summed E-state index contributed by atoms with van der Waals surface area (Å²) in [6.45, 7) is 3.73. The van der Waals surface area contributed by atoms with Crippen LogP contribution in [-0.4, -0.2) is 14.5 Å². The molecule has 5 nitrogen and oxygen atoms in total. The van der Waals surface area contributed by atoms with Crippen LogP contribution in [0.3, 0.4) is 0 Å². The Morgan fingerprint density at radius 2 is 1.97 bits per heavy atom. The normalized spacial score (nSPS) is 26.1. The molecule has 1 atom stereocenters. The van der Waals surface area contributed by atoms with Gasteiger partial charge in [-0.2, -0.15) is 0 Å². The zero-order valence-corrected chi connectivity index (χ0v) is 17.6. The molecule has 1 aromatic carbocycles. The zero-order chi connectivity index (χ0) is 21.5. The summed E-state index contributed by atoms with van der Waals surface area (Å²) in [4.78, 5) is 21.8. The smallest absolute Gasteiger partial charge is 0.273 e. The van der Waals surface area contributed by atoms with Gasteiger partial charge < -0.3 is 9.88 Å². The zero-order valence-electron chi connectivity index (χ0n) is 17.6. The number of nitrogens with one attached hydrogen (secondary N) is 1. The van der Waals surface area contributed by atoms with Gasteiger partial charge in [-0.05, 0) is 62.6 Å². The van der Waals surface area contributed by atoms with Crippen molar-refractivity contribution in [1.29, 1.82) is 0 Å². The Morgan fingerprint density at radius 3 is 2.68 bits per heavy atom. The van der Waals surface area contributed by atoms with Gasteiger partial charge in [0.05, 0.1) is 10.9 Å². The molecule has 3 saturated carbocycles. The van der Waals surface area contributed by atoms with Crippen LogP contribution in [0.1, 0.15) is 61.2 Å². The highest BCUT2D eigenvalue weighted by Crippen LogP contribution is 2.61. The van der Waals surface area contributed by atoms with Gasteiger partial charge in [0, 0.05) is 35.8 Å². The van der Waals surface area contributed by atoms with Gasteiger partial charge in [0.15, 0.2) is 0 Å². The molecule has 160 valence electrons. The quantitative estimate of drug-likeness (QED) is 0.655. The molecule has 2 bridgehead atoms. The number of halogens is 2. The number of nitrogens with zero attached hydrogens (tertiary/aromatic N) is 3. The van der Waals surface area contributed by atoms with Crippen LogP contribution in [0.5, 0.6) is 0 Å². The topological polar surface area (TPSA) is 59.8 Å². The van der Waals surface area contributed by atoms with E-state index in [4.69, 9.17) is 0 Å². The van der Waals surface area contributed by atoms with E-state index in [1.54, 1.807) is 19.1 Å². The van der Waals surface area contributed by atoms with Crippen molar-refractivity contribution in [3.05, 3.63) is 63.3 Å². The van der Waals surface area contributed by atoms with Gasteiger partial charge in [0.2, 0.25) is 0 Å². The summed E-state index contributed by atoms with van der Waals surface area (Å²) >= 11 is 0. The fourth-order valence-electron chi connectivity index (χ4n) is 5.56. The maximum Gasteiger partial charge on any atom is 0.273 e. The largest absolute Gasteiger partial charge is 0.363 e. The second-order valence-electron chi connectivity index (χ2n) is 9.59. The second kappa shape index (κ2) is 6.11. The summed E-state index contributed by atoms with van der Waals surface area (Å²) in [5, 5.41) is 4.18. The second-order valence-corrected chi connectivity index (χ2v) is 9.59. The van der Waals surface area contributed by atoms with Crippen molar-refractivity contribution in [2.24, 2.45) is 5.92 Å². The number of hydrogen-bond acceptors (Lipinski definition) is 4. The van der Waals surface area contributed by atoms with Crippen LogP contribution in [0.15, 0.2) is 35.3 Å². The predicted octanol–water partition coefficient (Wildman–Crippen LogP) is 4.82. The molecule has 4 aliphatic rings. The molecule has 0 aliphatic heterocycles. The van der Waals surface area contributed by atoms with Crippen LogP contribution >= 0.6 is 0 Å². The average molecular weight is 422 g/mol. The first-order chi connectivity index (χ1) is 14.7. The molecular formula is C24H24F2N4O. The third kappa shape index (κ3) is 2.75. The molecule has 0 radical (unpaired) electrons. The van der Waals surface area contributed by atoms with Crippen LogP contribution in [-0.2, 0) is 17.9 Å². The third-order valence-electron chi connectivity index (χ3n) is 7.45. The molecular weight excluding hydrogens is 398 g/mol. The summed E-state index contributed by atoms with van der Waals surface area (Å²) < 4.78 is 30.3. The van der Waals surface area contributed by atoms with Gasteiger partial charge >= 0.3 is 0 Å². The Balaban J connectivity index is 1.39. The van der Waals surface area contributed by atoms with Crippen molar-refractivity contribution in [3.63, 3.8) is 0 Å². The molecule has 2 aromatic heterocycles. The highest BCUT2D eigenvalue weighted by Gasteiger charge is 2.58. The summed E-state index contributed by atoms with van der Waals surface area (Å²) in [6.07, 6.45) is 5.37. The average Bonchev–Trinajstić information content (AvgIpc) is 2.94. The number of anilines is 1. The standard InChI is InChI=1S/C24H24F2N4O/c1-13(17-4-3-16-5-6-24(25,26)19(16)7-17)27-22-18-12-30(23-9-15(10-23)11-23)21(31)8-20(18)28-14(2)29-22/h3-4,7-8,12-13,15H,5-6,9-11H2,1-2H3,(H,27,28,29)/t13-,15?,23?/m1/s1. The Hall–Kier alpha value is -2.83. The van der Waals surface area contributed by atoms with Gasteiger partial charge in [-0.15, -0.1) is 0 Å². The summed E-state index contributed by atoms with van der Waals surface area (Å²) in [7, 11) is 0. The van der Waals surface area contributed by atoms with E-state index >= 15 is 0 Å².